The van der Waals surface area contributed by atoms with E-state index in [0.717, 1.165) is 31.2 Å². The average molecular weight is 382 g/mol. The summed E-state index contributed by atoms with van der Waals surface area (Å²) < 4.78 is 10.4. The third-order valence-corrected chi connectivity index (χ3v) is 4.95. The number of amides is 1. The number of methoxy groups -OCH3 is 1. The standard InChI is InChI=1S/C20H28ClNO4/c1-13(2)10-17(19(23)25-3)22-20(24)26-18-9-5-7-15(18)11-14-6-4-8-16(21)12-14/h4,6,8,12-13,15,17-18H,5,7,9-11H2,1-3H3,(H,22,24)/t15?,17-,18?/m0/s1. The van der Waals surface area contributed by atoms with E-state index in [4.69, 9.17) is 21.1 Å². The van der Waals surface area contributed by atoms with Gasteiger partial charge in [-0.2, -0.15) is 0 Å². The van der Waals surface area contributed by atoms with E-state index in [1.54, 1.807) is 0 Å². The van der Waals surface area contributed by atoms with Crippen molar-refractivity contribution in [3.63, 3.8) is 0 Å². The molecule has 3 atom stereocenters. The monoisotopic (exact) mass is 381 g/mol. The van der Waals surface area contributed by atoms with Crippen LogP contribution in [-0.2, 0) is 20.7 Å². The molecule has 1 aliphatic carbocycles. The van der Waals surface area contributed by atoms with Gasteiger partial charge in [0, 0.05) is 10.9 Å². The molecule has 1 aromatic carbocycles. The number of rotatable bonds is 7. The Bertz CT molecular complexity index is 620. The molecular formula is C20H28ClNO4. The predicted octanol–water partition coefficient (Wildman–Crippen LogP) is 4.37. The lowest BCUT2D eigenvalue weighted by molar-refractivity contribution is -0.143. The van der Waals surface area contributed by atoms with Crippen LogP contribution >= 0.6 is 11.6 Å². The van der Waals surface area contributed by atoms with Crippen LogP contribution in [0.15, 0.2) is 24.3 Å². The number of esters is 1. The summed E-state index contributed by atoms with van der Waals surface area (Å²) in [7, 11) is 1.32. The molecule has 0 aromatic heterocycles. The summed E-state index contributed by atoms with van der Waals surface area (Å²) in [5.41, 5.74) is 1.14. The highest BCUT2D eigenvalue weighted by Gasteiger charge is 2.32. The Labute approximate surface area is 160 Å². The Morgan fingerprint density at radius 2 is 2.08 bits per heavy atom. The maximum absolute atomic E-state index is 12.3. The second-order valence-corrected chi connectivity index (χ2v) is 7.75. The summed E-state index contributed by atoms with van der Waals surface area (Å²) in [5.74, 6) is 0.0694. The largest absolute Gasteiger partial charge is 0.467 e. The van der Waals surface area contributed by atoms with Crippen molar-refractivity contribution in [1.82, 2.24) is 5.32 Å². The number of halogens is 1. The minimum absolute atomic E-state index is 0.147. The highest BCUT2D eigenvalue weighted by molar-refractivity contribution is 6.30. The topological polar surface area (TPSA) is 64.6 Å². The number of nitrogens with one attached hydrogen (secondary N) is 1. The molecule has 1 aliphatic rings. The van der Waals surface area contributed by atoms with E-state index in [1.165, 1.54) is 7.11 Å². The second kappa shape index (κ2) is 9.81. The van der Waals surface area contributed by atoms with Crippen LogP contribution in [0, 0.1) is 11.8 Å². The Morgan fingerprint density at radius 3 is 2.73 bits per heavy atom. The van der Waals surface area contributed by atoms with Gasteiger partial charge in [-0.05, 0) is 55.7 Å². The second-order valence-electron chi connectivity index (χ2n) is 7.32. The zero-order valence-electron chi connectivity index (χ0n) is 15.7. The molecule has 0 heterocycles. The summed E-state index contributed by atoms with van der Waals surface area (Å²) >= 11 is 6.05. The van der Waals surface area contributed by atoms with Crippen molar-refractivity contribution in [2.24, 2.45) is 11.8 Å². The van der Waals surface area contributed by atoms with Crippen LogP contribution in [0.3, 0.4) is 0 Å². The van der Waals surface area contributed by atoms with Crippen molar-refractivity contribution in [2.45, 2.75) is 58.1 Å². The molecule has 1 amide bonds. The fraction of sp³-hybridized carbons (Fsp3) is 0.600. The SMILES string of the molecule is COC(=O)[C@H](CC(C)C)NC(=O)OC1CCCC1Cc1cccc(Cl)c1. The van der Waals surface area contributed by atoms with E-state index in [9.17, 15) is 9.59 Å². The Morgan fingerprint density at radius 1 is 1.31 bits per heavy atom. The van der Waals surface area contributed by atoms with Crippen LogP contribution in [0.1, 0.15) is 45.1 Å². The minimum Gasteiger partial charge on any atom is -0.467 e. The number of carbonyl (C=O) groups is 2. The van der Waals surface area contributed by atoms with Gasteiger partial charge < -0.3 is 14.8 Å². The van der Waals surface area contributed by atoms with Crippen LogP contribution < -0.4 is 5.32 Å². The maximum Gasteiger partial charge on any atom is 0.408 e. The zero-order chi connectivity index (χ0) is 19.1. The van der Waals surface area contributed by atoms with Gasteiger partial charge in [0.25, 0.3) is 0 Å². The van der Waals surface area contributed by atoms with Crippen LogP contribution in [0.25, 0.3) is 0 Å². The first kappa shape index (κ1) is 20.6. The molecule has 0 radical (unpaired) electrons. The van der Waals surface area contributed by atoms with Crippen LogP contribution in [0.5, 0.6) is 0 Å². The lowest BCUT2D eigenvalue weighted by atomic mass is 9.96. The van der Waals surface area contributed by atoms with Crippen LogP contribution in [0.2, 0.25) is 5.02 Å². The highest BCUT2D eigenvalue weighted by Crippen LogP contribution is 2.31. The zero-order valence-corrected chi connectivity index (χ0v) is 16.4. The average Bonchev–Trinajstić information content (AvgIpc) is 2.99. The molecule has 5 nitrogen and oxygen atoms in total. The van der Waals surface area contributed by atoms with E-state index in [0.29, 0.717) is 11.4 Å². The van der Waals surface area contributed by atoms with E-state index < -0.39 is 18.1 Å². The van der Waals surface area contributed by atoms with E-state index in [-0.39, 0.29) is 17.9 Å². The Balaban J connectivity index is 1.92. The molecule has 0 aliphatic heterocycles. The maximum atomic E-state index is 12.3. The minimum atomic E-state index is -0.680. The first-order chi connectivity index (χ1) is 12.4. The van der Waals surface area contributed by atoms with Gasteiger partial charge in [-0.1, -0.05) is 37.6 Å². The molecule has 6 heteroatoms. The van der Waals surface area contributed by atoms with Crippen molar-refractivity contribution >= 4 is 23.7 Å². The lowest BCUT2D eigenvalue weighted by Gasteiger charge is -2.23. The summed E-state index contributed by atoms with van der Waals surface area (Å²) in [6.45, 7) is 3.97. The summed E-state index contributed by atoms with van der Waals surface area (Å²) in [4.78, 5) is 24.2. The van der Waals surface area contributed by atoms with Crippen molar-refractivity contribution < 1.29 is 19.1 Å². The highest BCUT2D eigenvalue weighted by atomic mass is 35.5. The molecule has 26 heavy (non-hydrogen) atoms. The molecule has 0 spiro atoms. The number of hydrogen-bond donors (Lipinski definition) is 1. The third kappa shape index (κ3) is 6.20. The molecular weight excluding hydrogens is 354 g/mol. The molecule has 1 aromatic rings. The van der Waals surface area contributed by atoms with Crippen molar-refractivity contribution in [3.05, 3.63) is 34.9 Å². The molecule has 2 rings (SSSR count). The number of ether oxygens (including phenoxy) is 2. The van der Waals surface area contributed by atoms with Crippen molar-refractivity contribution in [2.75, 3.05) is 7.11 Å². The molecule has 1 saturated carbocycles. The van der Waals surface area contributed by atoms with Gasteiger partial charge in [-0.15, -0.1) is 0 Å². The lowest BCUT2D eigenvalue weighted by Crippen LogP contribution is -2.44. The normalized spacial score (nSPS) is 20.7. The van der Waals surface area contributed by atoms with E-state index >= 15 is 0 Å². The van der Waals surface area contributed by atoms with Gasteiger partial charge in [0.05, 0.1) is 7.11 Å². The fourth-order valence-electron chi connectivity index (χ4n) is 3.50. The fourth-order valence-corrected chi connectivity index (χ4v) is 3.71. The molecule has 144 valence electrons. The van der Waals surface area contributed by atoms with Gasteiger partial charge >= 0.3 is 12.1 Å². The quantitative estimate of drug-likeness (QED) is 0.712. The van der Waals surface area contributed by atoms with Crippen molar-refractivity contribution in [3.8, 4) is 0 Å². The number of benzene rings is 1. The van der Waals surface area contributed by atoms with Crippen LogP contribution in [-0.4, -0.2) is 31.3 Å². The van der Waals surface area contributed by atoms with Gasteiger partial charge in [0.1, 0.15) is 12.1 Å². The first-order valence-corrected chi connectivity index (χ1v) is 9.56. The predicted molar refractivity (Wildman–Crippen MR) is 101 cm³/mol. The van der Waals surface area contributed by atoms with Gasteiger partial charge in [-0.3, -0.25) is 0 Å². The van der Waals surface area contributed by atoms with E-state index in [1.807, 2.05) is 38.1 Å². The van der Waals surface area contributed by atoms with Crippen LogP contribution in [0.4, 0.5) is 4.79 Å². The summed E-state index contributed by atoms with van der Waals surface area (Å²) in [6.07, 6.45) is 3.51. The molecule has 1 N–H and O–H groups in total. The number of carbonyl (C=O) groups excluding carboxylic acids is 2. The summed E-state index contributed by atoms with van der Waals surface area (Å²) in [6, 6.07) is 7.09. The van der Waals surface area contributed by atoms with Crippen molar-refractivity contribution in [1.29, 1.82) is 0 Å². The Kier molecular flexibility index (Phi) is 7.76. The Hall–Kier alpha value is -1.75. The molecule has 0 bridgehead atoms. The summed E-state index contributed by atoms with van der Waals surface area (Å²) in [5, 5.41) is 3.38. The van der Waals surface area contributed by atoms with Gasteiger partial charge in [0.15, 0.2) is 0 Å². The molecule has 1 fully saturated rings. The first-order valence-electron chi connectivity index (χ1n) is 9.18. The molecule has 0 saturated heterocycles. The smallest absolute Gasteiger partial charge is 0.408 e. The molecule has 2 unspecified atom stereocenters. The number of hydrogen-bond acceptors (Lipinski definition) is 4. The number of alkyl carbamates (subject to hydrolysis) is 1. The van der Waals surface area contributed by atoms with E-state index in [2.05, 4.69) is 5.32 Å². The van der Waals surface area contributed by atoms with Gasteiger partial charge in [0.2, 0.25) is 0 Å². The van der Waals surface area contributed by atoms with Gasteiger partial charge in [-0.25, -0.2) is 9.59 Å². The third-order valence-electron chi connectivity index (χ3n) is 4.72.